The molecule has 0 spiro atoms. The van der Waals surface area contributed by atoms with Gasteiger partial charge in [-0.05, 0) is 38.3 Å². The summed E-state index contributed by atoms with van der Waals surface area (Å²) in [6.45, 7) is 6.37. The Kier molecular flexibility index (Phi) is 5.84. The predicted octanol–water partition coefficient (Wildman–Crippen LogP) is 2.40. The van der Waals surface area contributed by atoms with Crippen LogP contribution in [0.15, 0.2) is 17.2 Å². The summed E-state index contributed by atoms with van der Waals surface area (Å²) in [5.41, 5.74) is 1.07. The summed E-state index contributed by atoms with van der Waals surface area (Å²) >= 11 is 0. The summed E-state index contributed by atoms with van der Waals surface area (Å²) in [7, 11) is -3.37. The molecule has 0 atom stereocenters. The van der Waals surface area contributed by atoms with Crippen molar-refractivity contribution in [2.75, 3.05) is 13.1 Å². The second-order valence-electron chi connectivity index (χ2n) is 5.73. The lowest BCUT2D eigenvalue weighted by Crippen LogP contribution is -2.24. The van der Waals surface area contributed by atoms with Crippen molar-refractivity contribution in [1.82, 2.24) is 14.6 Å². The molecule has 1 fully saturated rings. The molecule has 0 saturated heterocycles. The third-order valence-corrected chi connectivity index (χ3v) is 5.14. The van der Waals surface area contributed by atoms with Gasteiger partial charge < -0.3 is 9.88 Å². The van der Waals surface area contributed by atoms with Gasteiger partial charge in [0.25, 0.3) is 0 Å². The normalized spacial score (nSPS) is 15.5. The molecule has 1 aliphatic carbocycles. The quantitative estimate of drug-likeness (QED) is 0.652. The maximum Gasteiger partial charge on any atom is 0.242 e. The third kappa shape index (κ3) is 4.56. The van der Waals surface area contributed by atoms with E-state index in [4.69, 9.17) is 0 Å². The van der Waals surface area contributed by atoms with Gasteiger partial charge in [0.05, 0.1) is 4.90 Å². The lowest BCUT2D eigenvalue weighted by Gasteiger charge is -2.07. The van der Waals surface area contributed by atoms with E-state index in [1.807, 2.05) is 6.07 Å². The van der Waals surface area contributed by atoms with E-state index in [-0.39, 0.29) is 0 Å². The minimum Gasteiger partial charge on any atom is -0.346 e. The van der Waals surface area contributed by atoms with Crippen molar-refractivity contribution in [3.8, 4) is 0 Å². The van der Waals surface area contributed by atoms with Gasteiger partial charge in [0.1, 0.15) is 0 Å². The Morgan fingerprint density at radius 3 is 2.62 bits per heavy atom. The van der Waals surface area contributed by atoms with Crippen molar-refractivity contribution >= 4 is 10.0 Å². The van der Waals surface area contributed by atoms with Crippen LogP contribution in [0.3, 0.4) is 0 Å². The molecule has 0 aliphatic heterocycles. The SMILES string of the molecule is CCCCNS(=O)(=O)c1cc(CNCCC)n(C2CC2)c1. The van der Waals surface area contributed by atoms with E-state index in [0.29, 0.717) is 17.5 Å². The van der Waals surface area contributed by atoms with Gasteiger partial charge in [-0.25, -0.2) is 13.1 Å². The van der Waals surface area contributed by atoms with Crippen molar-refractivity contribution in [3.63, 3.8) is 0 Å². The van der Waals surface area contributed by atoms with Gasteiger partial charge >= 0.3 is 0 Å². The molecule has 1 aromatic heterocycles. The molecule has 5 nitrogen and oxygen atoms in total. The molecule has 0 aromatic carbocycles. The highest BCUT2D eigenvalue weighted by atomic mass is 32.2. The molecular formula is C15H27N3O2S. The van der Waals surface area contributed by atoms with Crippen molar-refractivity contribution < 1.29 is 8.42 Å². The Labute approximate surface area is 128 Å². The number of hydrogen-bond donors (Lipinski definition) is 2. The first kappa shape index (κ1) is 16.5. The molecule has 1 aromatic rings. The van der Waals surface area contributed by atoms with E-state index in [2.05, 4.69) is 28.5 Å². The maximum atomic E-state index is 12.3. The Hall–Kier alpha value is -0.850. The first-order valence-corrected chi connectivity index (χ1v) is 9.48. The van der Waals surface area contributed by atoms with Crippen LogP contribution in [-0.2, 0) is 16.6 Å². The fraction of sp³-hybridized carbons (Fsp3) is 0.733. The van der Waals surface area contributed by atoms with Crippen LogP contribution in [0.1, 0.15) is 57.7 Å². The third-order valence-electron chi connectivity index (χ3n) is 3.71. The molecule has 0 radical (unpaired) electrons. The molecule has 0 amide bonds. The summed E-state index contributed by atoms with van der Waals surface area (Å²) in [4.78, 5) is 0.402. The van der Waals surface area contributed by atoms with Gasteiger partial charge in [0.2, 0.25) is 10.0 Å². The van der Waals surface area contributed by atoms with Gasteiger partial charge in [-0.1, -0.05) is 20.3 Å². The van der Waals surface area contributed by atoms with Gasteiger partial charge in [-0.3, -0.25) is 0 Å². The van der Waals surface area contributed by atoms with Crippen molar-refractivity contribution in [3.05, 3.63) is 18.0 Å². The predicted molar refractivity (Wildman–Crippen MR) is 84.8 cm³/mol. The number of nitrogens with zero attached hydrogens (tertiary/aromatic N) is 1. The van der Waals surface area contributed by atoms with Crippen molar-refractivity contribution in [2.45, 2.75) is 63.4 Å². The molecule has 6 heteroatoms. The number of aromatic nitrogens is 1. The van der Waals surface area contributed by atoms with E-state index in [1.165, 1.54) is 0 Å². The molecule has 2 rings (SSSR count). The lowest BCUT2D eigenvalue weighted by atomic mass is 10.3. The zero-order chi connectivity index (χ0) is 15.3. The molecule has 1 aliphatic rings. The highest BCUT2D eigenvalue weighted by Gasteiger charge is 2.27. The van der Waals surface area contributed by atoms with Crippen molar-refractivity contribution in [1.29, 1.82) is 0 Å². The molecule has 1 heterocycles. The monoisotopic (exact) mass is 313 g/mol. The second kappa shape index (κ2) is 7.42. The average molecular weight is 313 g/mol. The molecule has 120 valence electrons. The lowest BCUT2D eigenvalue weighted by molar-refractivity contribution is 0.578. The van der Waals surface area contributed by atoms with Crippen LogP contribution in [0.4, 0.5) is 0 Å². The topological polar surface area (TPSA) is 63.1 Å². The van der Waals surface area contributed by atoms with E-state index in [0.717, 1.165) is 50.9 Å². The number of rotatable bonds is 10. The number of hydrogen-bond acceptors (Lipinski definition) is 3. The highest BCUT2D eigenvalue weighted by molar-refractivity contribution is 7.89. The first-order chi connectivity index (χ1) is 10.1. The second-order valence-corrected chi connectivity index (χ2v) is 7.50. The van der Waals surface area contributed by atoms with Crippen LogP contribution < -0.4 is 10.0 Å². The zero-order valence-corrected chi connectivity index (χ0v) is 13.9. The fourth-order valence-corrected chi connectivity index (χ4v) is 3.46. The van der Waals surface area contributed by atoms with Gasteiger partial charge in [-0.15, -0.1) is 0 Å². The summed E-state index contributed by atoms with van der Waals surface area (Å²) in [5, 5.41) is 3.36. The van der Waals surface area contributed by atoms with Crippen LogP contribution in [0.5, 0.6) is 0 Å². The highest BCUT2D eigenvalue weighted by Crippen LogP contribution is 2.37. The average Bonchev–Trinajstić information content (AvgIpc) is 3.20. The molecule has 0 unspecified atom stereocenters. The van der Waals surface area contributed by atoms with E-state index >= 15 is 0 Å². The molecule has 21 heavy (non-hydrogen) atoms. The first-order valence-electron chi connectivity index (χ1n) is 7.99. The Morgan fingerprint density at radius 2 is 2.00 bits per heavy atom. The summed E-state index contributed by atoms with van der Waals surface area (Å²) in [5.74, 6) is 0. The van der Waals surface area contributed by atoms with Crippen LogP contribution in [0, 0.1) is 0 Å². The molecule has 0 bridgehead atoms. The standard InChI is InChI=1S/C15H27N3O2S/c1-3-5-9-17-21(19,20)15-10-14(11-16-8-4-2)18(12-15)13-6-7-13/h10,12-13,16-17H,3-9,11H2,1-2H3. The molecule has 1 saturated carbocycles. The minimum absolute atomic E-state index is 0.402. The summed E-state index contributed by atoms with van der Waals surface area (Å²) < 4.78 is 29.4. The molecule has 2 N–H and O–H groups in total. The van der Waals surface area contributed by atoms with Gasteiger partial charge in [0.15, 0.2) is 0 Å². The van der Waals surface area contributed by atoms with Crippen LogP contribution >= 0.6 is 0 Å². The van der Waals surface area contributed by atoms with Crippen LogP contribution in [-0.4, -0.2) is 26.1 Å². The zero-order valence-electron chi connectivity index (χ0n) is 13.1. The van der Waals surface area contributed by atoms with Gasteiger partial charge in [-0.2, -0.15) is 0 Å². The Morgan fingerprint density at radius 1 is 1.24 bits per heavy atom. The van der Waals surface area contributed by atoms with E-state index in [9.17, 15) is 8.42 Å². The Bertz CT molecular complexity index is 547. The Balaban J connectivity index is 2.10. The number of unbranched alkanes of at least 4 members (excludes halogenated alkanes) is 1. The fourth-order valence-electron chi connectivity index (χ4n) is 2.34. The summed E-state index contributed by atoms with van der Waals surface area (Å²) in [6, 6.07) is 2.30. The van der Waals surface area contributed by atoms with E-state index in [1.54, 1.807) is 6.20 Å². The number of sulfonamides is 1. The minimum atomic E-state index is -3.37. The molecular weight excluding hydrogens is 286 g/mol. The summed E-state index contributed by atoms with van der Waals surface area (Å²) in [6.07, 6.45) is 7.03. The van der Waals surface area contributed by atoms with Crippen LogP contribution in [0.25, 0.3) is 0 Å². The van der Waals surface area contributed by atoms with Crippen molar-refractivity contribution in [2.24, 2.45) is 0 Å². The largest absolute Gasteiger partial charge is 0.346 e. The number of nitrogens with one attached hydrogen (secondary N) is 2. The van der Waals surface area contributed by atoms with Gasteiger partial charge in [0, 0.05) is 31.0 Å². The van der Waals surface area contributed by atoms with E-state index < -0.39 is 10.0 Å². The van der Waals surface area contributed by atoms with Crippen LogP contribution in [0.2, 0.25) is 0 Å². The maximum absolute atomic E-state index is 12.3. The smallest absolute Gasteiger partial charge is 0.242 e.